The van der Waals surface area contributed by atoms with Crippen molar-refractivity contribution in [3.63, 3.8) is 0 Å². The van der Waals surface area contributed by atoms with Crippen LogP contribution < -0.4 is 5.32 Å². The maximum atomic E-state index is 5.36. The molecule has 0 saturated carbocycles. The van der Waals surface area contributed by atoms with E-state index in [1.165, 1.54) is 18.4 Å². The quantitative estimate of drug-likeness (QED) is 0.874. The fourth-order valence-electron chi connectivity index (χ4n) is 2.50. The lowest BCUT2D eigenvalue weighted by Crippen LogP contribution is -2.29. The van der Waals surface area contributed by atoms with E-state index in [0.29, 0.717) is 6.04 Å². The van der Waals surface area contributed by atoms with E-state index >= 15 is 0 Å². The zero-order chi connectivity index (χ0) is 12.3. The van der Waals surface area contributed by atoms with Crippen LogP contribution in [0.5, 0.6) is 0 Å². The van der Waals surface area contributed by atoms with Crippen LogP contribution in [0.15, 0.2) is 4.52 Å². The van der Waals surface area contributed by atoms with E-state index in [-0.39, 0.29) is 0 Å². The van der Waals surface area contributed by atoms with Gasteiger partial charge in [-0.3, -0.25) is 0 Å². The van der Waals surface area contributed by atoms with Gasteiger partial charge in [0.25, 0.3) is 0 Å². The largest absolute Gasteiger partial charge is 0.381 e. The van der Waals surface area contributed by atoms with Gasteiger partial charge in [0, 0.05) is 24.8 Å². The Balaban J connectivity index is 1.86. The second-order valence-corrected chi connectivity index (χ2v) is 4.92. The molecular formula is C13H22N2O2. The van der Waals surface area contributed by atoms with Crippen molar-refractivity contribution in [3.8, 4) is 0 Å². The fraction of sp³-hybridized carbons (Fsp3) is 0.769. The molecule has 0 radical (unpaired) electrons. The Kier molecular flexibility index (Phi) is 4.18. The van der Waals surface area contributed by atoms with Crippen molar-refractivity contribution in [3.05, 3.63) is 17.0 Å². The van der Waals surface area contributed by atoms with Gasteiger partial charge in [0.1, 0.15) is 5.76 Å². The van der Waals surface area contributed by atoms with Crippen molar-refractivity contribution in [2.75, 3.05) is 19.8 Å². The van der Waals surface area contributed by atoms with Gasteiger partial charge in [0.2, 0.25) is 0 Å². The average Bonchev–Trinajstić information content (AvgIpc) is 2.67. The first-order valence-corrected chi connectivity index (χ1v) is 6.42. The van der Waals surface area contributed by atoms with E-state index in [1.54, 1.807) is 0 Å². The van der Waals surface area contributed by atoms with Crippen molar-refractivity contribution in [1.82, 2.24) is 10.5 Å². The van der Waals surface area contributed by atoms with Gasteiger partial charge in [-0.1, -0.05) is 5.16 Å². The molecule has 4 nitrogen and oxygen atoms in total. The molecule has 96 valence electrons. The molecule has 0 aromatic carbocycles. The van der Waals surface area contributed by atoms with Gasteiger partial charge in [-0.05, 0) is 46.1 Å². The highest BCUT2D eigenvalue weighted by Gasteiger charge is 2.18. The number of aromatic nitrogens is 1. The topological polar surface area (TPSA) is 47.3 Å². The molecule has 0 aliphatic carbocycles. The Hall–Kier alpha value is -0.870. The summed E-state index contributed by atoms with van der Waals surface area (Å²) >= 11 is 0. The second-order valence-electron chi connectivity index (χ2n) is 4.92. The molecule has 1 aromatic heterocycles. The number of hydrogen-bond acceptors (Lipinski definition) is 4. The van der Waals surface area contributed by atoms with E-state index in [2.05, 4.69) is 17.4 Å². The van der Waals surface area contributed by atoms with Crippen molar-refractivity contribution >= 4 is 0 Å². The van der Waals surface area contributed by atoms with Crippen LogP contribution in [0.4, 0.5) is 0 Å². The Morgan fingerprint density at radius 1 is 1.35 bits per heavy atom. The SMILES string of the molecule is Cc1noc(C)c1C(C)NCC1CCOCC1. The van der Waals surface area contributed by atoms with Crippen molar-refractivity contribution in [1.29, 1.82) is 0 Å². The van der Waals surface area contributed by atoms with E-state index in [4.69, 9.17) is 9.26 Å². The molecule has 1 atom stereocenters. The maximum Gasteiger partial charge on any atom is 0.138 e. The third-order valence-electron chi connectivity index (χ3n) is 3.58. The normalized spacial score (nSPS) is 19.5. The lowest BCUT2D eigenvalue weighted by Gasteiger charge is -2.24. The number of nitrogens with one attached hydrogen (secondary N) is 1. The van der Waals surface area contributed by atoms with Crippen LogP contribution in [0.3, 0.4) is 0 Å². The highest BCUT2D eigenvalue weighted by Crippen LogP contribution is 2.22. The molecule has 2 heterocycles. The molecule has 1 unspecified atom stereocenters. The molecular weight excluding hydrogens is 216 g/mol. The van der Waals surface area contributed by atoms with Gasteiger partial charge >= 0.3 is 0 Å². The lowest BCUT2D eigenvalue weighted by molar-refractivity contribution is 0.0656. The summed E-state index contributed by atoms with van der Waals surface area (Å²) in [5, 5.41) is 7.58. The second kappa shape index (κ2) is 5.65. The highest BCUT2D eigenvalue weighted by molar-refractivity contribution is 5.24. The van der Waals surface area contributed by atoms with Crippen molar-refractivity contribution < 1.29 is 9.26 Å². The first-order chi connectivity index (χ1) is 8.18. The van der Waals surface area contributed by atoms with E-state index < -0.39 is 0 Å². The first-order valence-electron chi connectivity index (χ1n) is 6.42. The minimum Gasteiger partial charge on any atom is -0.381 e. The monoisotopic (exact) mass is 238 g/mol. The predicted octanol–water partition coefficient (Wildman–Crippen LogP) is 2.37. The summed E-state index contributed by atoms with van der Waals surface area (Å²) in [4.78, 5) is 0. The van der Waals surface area contributed by atoms with Gasteiger partial charge in [-0.15, -0.1) is 0 Å². The van der Waals surface area contributed by atoms with Crippen LogP contribution >= 0.6 is 0 Å². The Morgan fingerprint density at radius 3 is 2.65 bits per heavy atom. The molecule has 1 fully saturated rings. The summed E-state index contributed by atoms with van der Waals surface area (Å²) in [5.41, 5.74) is 2.20. The average molecular weight is 238 g/mol. The van der Waals surface area contributed by atoms with Gasteiger partial charge < -0.3 is 14.6 Å². The van der Waals surface area contributed by atoms with E-state index in [9.17, 15) is 0 Å². The minimum atomic E-state index is 0.309. The highest BCUT2D eigenvalue weighted by atomic mass is 16.5. The summed E-state index contributed by atoms with van der Waals surface area (Å²) in [5.74, 6) is 1.67. The van der Waals surface area contributed by atoms with Crippen LogP contribution in [-0.2, 0) is 4.74 Å². The maximum absolute atomic E-state index is 5.36. The molecule has 0 bridgehead atoms. The molecule has 1 aromatic rings. The molecule has 0 amide bonds. The molecule has 17 heavy (non-hydrogen) atoms. The molecule has 2 rings (SSSR count). The van der Waals surface area contributed by atoms with Crippen LogP contribution in [0.1, 0.15) is 42.8 Å². The van der Waals surface area contributed by atoms with E-state index in [0.717, 1.165) is 37.1 Å². The van der Waals surface area contributed by atoms with Crippen LogP contribution in [0.25, 0.3) is 0 Å². The zero-order valence-corrected chi connectivity index (χ0v) is 11.0. The predicted molar refractivity (Wildman–Crippen MR) is 65.9 cm³/mol. The third kappa shape index (κ3) is 3.07. The van der Waals surface area contributed by atoms with Crippen LogP contribution in [0.2, 0.25) is 0 Å². The zero-order valence-electron chi connectivity index (χ0n) is 11.0. The summed E-state index contributed by atoms with van der Waals surface area (Å²) in [6.45, 7) is 9.01. The van der Waals surface area contributed by atoms with Gasteiger partial charge in [0.05, 0.1) is 5.69 Å². The molecule has 4 heteroatoms. The summed E-state index contributed by atoms with van der Waals surface area (Å²) in [7, 11) is 0. The standard InChI is InChI=1S/C13H22N2O2/c1-9(13-10(2)15-17-11(13)3)14-8-12-4-6-16-7-5-12/h9,12,14H,4-8H2,1-3H3. The fourth-order valence-corrected chi connectivity index (χ4v) is 2.50. The number of rotatable bonds is 4. The molecule has 1 aliphatic heterocycles. The molecule has 1 N–H and O–H groups in total. The number of aryl methyl sites for hydroxylation is 2. The Bertz CT molecular complexity index is 337. The lowest BCUT2D eigenvalue weighted by atomic mass is 9.99. The number of hydrogen-bond donors (Lipinski definition) is 1. The minimum absolute atomic E-state index is 0.309. The Morgan fingerprint density at radius 2 is 2.06 bits per heavy atom. The smallest absolute Gasteiger partial charge is 0.138 e. The van der Waals surface area contributed by atoms with Gasteiger partial charge in [-0.2, -0.15) is 0 Å². The Labute approximate surface area is 103 Å². The third-order valence-corrected chi connectivity index (χ3v) is 3.58. The summed E-state index contributed by atoms with van der Waals surface area (Å²) < 4.78 is 10.6. The van der Waals surface area contributed by atoms with Gasteiger partial charge in [0.15, 0.2) is 0 Å². The van der Waals surface area contributed by atoms with Gasteiger partial charge in [-0.25, -0.2) is 0 Å². The van der Waals surface area contributed by atoms with Crippen molar-refractivity contribution in [2.24, 2.45) is 5.92 Å². The number of ether oxygens (including phenoxy) is 1. The summed E-state index contributed by atoms with van der Waals surface area (Å²) in [6, 6.07) is 0.309. The molecule has 1 aliphatic rings. The van der Waals surface area contributed by atoms with Crippen LogP contribution in [-0.4, -0.2) is 24.9 Å². The van der Waals surface area contributed by atoms with Crippen LogP contribution in [0, 0.1) is 19.8 Å². The number of nitrogens with zero attached hydrogens (tertiary/aromatic N) is 1. The molecule has 0 spiro atoms. The van der Waals surface area contributed by atoms with E-state index in [1.807, 2.05) is 13.8 Å². The van der Waals surface area contributed by atoms with Crippen molar-refractivity contribution in [2.45, 2.75) is 39.7 Å². The first kappa shape index (κ1) is 12.6. The summed E-state index contributed by atoms with van der Waals surface area (Å²) in [6.07, 6.45) is 2.34. The molecule has 1 saturated heterocycles.